The molecule has 4 rings (SSSR count). The van der Waals surface area contributed by atoms with Crippen molar-refractivity contribution in [1.82, 2.24) is 25.8 Å². The molecule has 4 amide bonds. The van der Waals surface area contributed by atoms with Gasteiger partial charge in [0.05, 0.1) is 42.0 Å². The Morgan fingerprint density at radius 1 is 1.16 bits per heavy atom. The third-order valence-corrected chi connectivity index (χ3v) is 9.81. The molecule has 0 aliphatic carbocycles. The second-order valence-electron chi connectivity index (χ2n) is 11.1. The summed E-state index contributed by atoms with van der Waals surface area (Å²) in [5.41, 5.74) is -0.0139. The number of carbonyl (C=O) groups is 5. The monoisotopic (exact) mass is 551 g/mol. The molecule has 0 aromatic heterocycles. The van der Waals surface area contributed by atoms with Crippen molar-refractivity contribution >= 4 is 41.4 Å². The molecule has 10 atom stereocenters. The minimum Gasteiger partial charge on any atom is -0.477 e. The molecule has 3 saturated heterocycles. The Morgan fingerprint density at radius 2 is 1.82 bits per heavy atom. The van der Waals surface area contributed by atoms with Crippen LogP contribution in [0.3, 0.4) is 0 Å². The summed E-state index contributed by atoms with van der Waals surface area (Å²) in [6.07, 6.45) is -0.326. The molecule has 4 heterocycles. The quantitative estimate of drug-likeness (QED) is 0.225. The van der Waals surface area contributed by atoms with Crippen LogP contribution in [0, 0.1) is 23.7 Å². The maximum Gasteiger partial charge on any atom is 0.353 e. The van der Waals surface area contributed by atoms with Crippen LogP contribution < -0.4 is 16.0 Å². The van der Waals surface area contributed by atoms with Crippen LogP contribution in [-0.2, 0) is 24.0 Å². The zero-order valence-electron chi connectivity index (χ0n) is 22.4. The maximum atomic E-state index is 13.2. The van der Waals surface area contributed by atoms with E-state index in [9.17, 15) is 34.2 Å². The van der Waals surface area contributed by atoms with Crippen LogP contribution in [0.5, 0.6) is 0 Å². The van der Waals surface area contributed by atoms with E-state index in [2.05, 4.69) is 16.0 Å². The summed E-state index contributed by atoms with van der Waals surface area (Å²) >= 11 is 1.41. The topological polar surface area (TPSA) is 168 Å². The van der Waals surface area contributed by atoms with Crippen molar-refractivity contribution in [2.24, 2.45) is 23.7 Å². The summed E-state index contributed by atoms with van der Waals surface area (Å²) in [5.74, 6) is -4.32. The van der Waals surface area contributed by atoms with E-state index in [1.165, 1.54) is 28.5 Å². The molecule has 3 unspecified atom stereocenters. The van der Waals surface area contributed by atoms with Gasteiger partial charge in [0.1, 0.15) is 5.70 Å². The summed E-state index contributed by atoms with van der Waals surface area (Å²) in [5, 5.41) is 28.6. The van der Waals surface area contributed by atoms with E-state index in [1.807, 2.05) is 6.92 Å². The van der Waals surface area contributed by atoms with Crippen LogP contribution in [0.1, 0.15) is 34.1 Å². The van der Waals surface area contributed by atoms with Gasteiger partial charge in [-0.3, -0.25) is 19.2 Å². The lowest BCUT2D eigenvalue weighted by molar-refractivity contribution is -0.158. The van der Waals surface area contributed by atoms with Crippen LogP contribution in [0.2, 0.25) is 0 Å². The third-order valence-electron chi connectivity index (χ3n) is 8.29. The number of likely N-dealkylation sites (N-methyl/N-ethyl adjacent to an activating group) is 1. The molecule has 12 nitrogen and oxygen atoms in total. The first-order chi connectivity index (χ1) is 17.8. The number of hydrogen-bond acceptors (Lipinski definition) is 8. The highest BCUT2D eigenvalue weighted by Crippen LogP contribution is 2.52. The summed E-state index contributed by atoms with van der Waals surface area (Å²) in [6, 6.07) is -1.79. The minimum atomic E-state index is -1.17. The van der Waals surface area contributed by atoms with Gasteiger partial charge in [-0.1, -0.05) is 13.8 Å². The standard InChI is InChI=1S/C25H37N5O7S/c1-9(17-16(12(4)31)22(33)28-17)21(32)27-11(3)15-18-10(2)20(19(25(36)37)30(18)24(15)35)38-13-7-14(26-8-13)23(34)29(5)6/h9-18,26,31H,7-8H2,1-6H3,(H,27,32)(H,28,33)(H,36,37)/t9-,10-,11-,12-,13+,14?,15-,16?,17?,18-/m1/s1. The van der Waals surface area contributed by atoms with Gasteiger partial charge >= 0.3 is 5.97 Å². The molecule has 3 fully saturated rings. The van der Waals surface area contributed by atoms with Crippen molar-refractivity contribution in [2.45, 2.75) is 69.6 Å². The lowest BCUT2D eigenvalue weighted by Crippen LogP contribution is -2.68. The molecule has 13 heteroatoms. The van der Waals surface area contributed by atoms with Crippen LogP contribution in [0.15, 0.2) is 10.6 Å². The van der Waals surface area contributed by atoms with E-state index >= 15 is 0 Å². The van der Waals surface area contributed by atoms with E-state index in [0.29, 0.717) is 17.9 Å². The van der Waals surface area contributed by atoms with Crippen LogP contribution in [-0.4, -0.2) is 106 Å². The van der Waals surface area contributed by atoms with Crippen molar-refractivity contribution < 1.29 is 34.2 Å². The second kappa shape index (κ2) is 10.5. The molecule has 0 aromatic rings. The first kappa shape index (κ1) is 28.4. The number of carboxylic acids is 1. The lowest BCUT2D eigenvalue weighted by atomic mass is 9.76. The highest BCUT2D eigenvalue weighted by molar-refractivity contribution is 8.03. The number of carbonyl (C=O) groups excluding carboxylic acids is 4. The summed E-state index contributed by atoms with van der Waals surface area (Å²) < 4.78 is 0. The van der Waals surface area contributed by atoms with Gasteiger partial charge < -0.3 is 36.0 Å². The third kappa shape index (κ3) is 4.68. The molecular weight excluding hydrogens is 514 g/mol. The number of fused-ring (bicyclic) bond motifs is 1. The molecule has 38 heavy (non-hydrogen) atoms. The number of nitrogens with one attached hydrogen (secondary N) is 3. The van der Waals surface area contributed by atoms with Crippen LogP contribution in [0.4, 0.5) is 0 Å². The number of amides is 4. The number of aliphatic hydroxyl groups excluding tert-OH is 1. The Morgan fingerprint density at radius 3 is 2.37 bits per heavy atom. The molecule has 0 bridgehead atoms. The molecule has 0 radical (unpaired) electrons. The van der Waals surface area contributed by atoms with Crippen molar-refractivity contribution in [1.29, 1.82) is 0 Å². The first-order valence-electron chi connectivity index (χ1n) is 13.0. The number of carboxylic acid groups (broad SMARTS) is 1. The average molecular weight is 552 g/mol. The van der Waals surface area contributed by atoms with Gasteiger partial charge in [0.15, 0.2) is 0 Å². The van der Waals surface area contributed by atoms with Gasteiger partial charge in [-0.2, -0.15) is 0 Å². The van der Waals surface area contributed by atoms with Gasteiger partial charge in [0, 0.05) is 42.8 Å². The molecule has 4 aliphatic heterocycles. The number of aliphatic carboxylic acids is 1. The predicted molar refractivity (Wildman–Crippen MR) is 138 cm³/mol. The van der Waals surface area contributed by atoms with E-state index in [4.69, 9.17) is 0 Å². The second-order valence-corrected chi connectivity index (χ2v) is 12.4. The first-order valence-corrected chi connectivity index (χ1v) is 13.8. The molecule has 4 aliphatic rings. The van der Waals surface area contributed by atoms with Crippen molar-refractivity contribution in [3.05, 3.63) is 10.6 Å². The Balaban J connectivity index is 1.42. The minimum absolute atomic E-state index is 0.0134. The van der Waals surface area contributed by atoms with E-state index < -0.39 is 48.0 Å². The van der Waals surface area contributed by atoms with Gasteiger partial charge in [-0.05, 0) is 20.3 Å². The SMILES string of the molecule is C[C@@H](O)C1C(=O)NC1[C@@H](C)C(=O)N[C@H](C)[C@H]1C(=O)N2C(C(=O)O)=C(S[C@@H]3CNC(C(=O)N(C)C)C3)[C@H](C)[C@H]12. The number of aliphatic hydroxyl groups is 1. The zero-order valence-corrected chi connectivity index (χ0v) is 23.2. The molecule has 5 N–H and O–H groups in total. The van der Waals surface area contributed by atoms with Gasteiger partial charge in [-0.15, -0.1) is 11.8 Å². The number of β-lactam (4-membered cyclic amide) rings is 2. The number of hydrogen-bond donors (Lipinski definition) is 5. The number of thioether (sulfide) groups is 1. The molecular formula is C25H37N5O7S. The normalized spacial score (nSPS) is 34.5. The van der Waals surface area contributed by atoms with E-state index in [1.54, 1.807) is 27.9 Å². The summed E-state index contributed by atoms with van der Waals surface area (Å²) in [7, 11) is 3.39. The fraction of sp³-hybridized carbons (Fsp3) is 0.720. The van der Waals surface area contributed by atoms with Crippen molar-refractivity contribution in [2.75, 3.05) is 20.6 Å². The highest BCUT2D eigenvalue weighted by atomic mass is 32.2. The summed E-state index contributed by atoms with van der Waals surface area (Å²) in [6.45, 7) is 7.35. The average Bonchev–Trinajstić information content (AvgIpc) is 3.37. The Labute approximate surface area is 225 Å². The van der Waals surface area contributed by atoms with Crippen molar-refractivity contribution in [3.63, 3.8) is 0 Å². The smallest absolute Gasteiger partial charge is 0.353 e. The molecule has 210 valence electrons. The molecule has 0 spiro atoms. The fourth-order valence-corrected chi connectivity index (χ4v) is 7.63. The zero-order chi connectivity index (χ0) is 28.2. The highest BCUT2D eigenvalue weighted by Gasteiger charge is 2.61. The molecule has 0 aromatic carbocycles. The largest absolute Gasteiger partial charge is 0.477 e. The summed E-state index contributed by atoms with van der Waals surface area (Å²) in [4.78, 5) is 66.0. The van der Waals surface area contributed by atoms with Gasteiger partial charge in [0.25, 0.3) is 0 Å². The number of rotatable bonds is 9. The van der Waals surface area contributed by atoms with E-state index in [0.717, 1.165) is 0 Å². The maximum absolute atomic E-state index is 13.2. The number of nitrogens with zero attached hydrogens (tertiary/aromatic N) is 2. The predicted octanol–water partition coefficient (Wildman–Crippen LogP) is -1.05. The Bertz CT molecular complexity index is 1080. The van der Waals surface area contributed by atoms with Crippen LogP contribution in [0.25, 0.3) is 0 Å². The van der Waals surface area contributed by atoms with Crippen LogP contribution >= 0.6 is 11.8 Å². The van der Waals surface area contributed by atoms with Crippen molar-refractivity contribution in [3.8, 4) is 0 Å². The lowest BCUT2D eigenvalue weighted by Gasteiger charge is -2.48. The fourth-order valence-electron chi connectivity index (χ4n) is 6.15. The van der Waals surface area contributed by atoms with Gasteiger partial charge in [0.2, 0.25) is 23.6 Å². The molecule has 0 saturated carbocycles. The van der Waals surface area contributed by atoms with E-state index in [-0.39, 0.29) is 46.5 Å². The Kier molecular flexibility index (Phi) is 7.84. The Hall–Kier alpha value is -2.64. The van der Waals surface area contributed by atoms with Gasteiger partial charge in [-0.25, -0.2) is 4.79 Å².